The molecule has 0 radical (unpaired) electrons. The van der Waals surface area contributed by atoms with Crippen LogP contribution in [0, 0.1) is 12.7 Å². The summed E-state index contributed by atoms with van der Waals surface area (Å²) in [6.45, 7) is 2.57. The van der Waals surface area contributed by atoms with Gasteiger partial charge in [-0.1, -0.05) is 15.9 Å². The Kier molecular flexibility index (Phi) is 5.69. The minimum Gasteiger partial charge on any atom is -0.493 e. The average molecular weight is 275 g/mol. The fourth-order valence-corrected chi connectivity index (χ4v) is 1.73. The van der Waals surface area contributed by atoms with Gasteiger partial charge < -0.3 is 4.74 Å². The zero-order chi connectivity index (χ0) is 11.1. The molecule has 1 aromatic rings. The van der Waals surface area contributed by atoms with Crippen LogP contribution in [0.3, 0.4) is 0 Å². The molecule has 15 heavy (non-hydrogen) atoms. The molecule has 0 saturated carbocycles. The lowest BCUT2D eigenvalue weighted by molar-refractivity contribution is 0.304. The van der Waals surface area contributed by atoms with Gasteiger partial charge in [0.05, 0.1) is 6.61 Å². The van der Waals surface area contributed by atoms with E-state index in [9.17, 15) is 4.39 Å². The molecule has 0 aliphatic carbocycles. The second-order valence-corrected chi connectivity index (χ2v) is 4.30. The molecule has 0 saturated heterocycles. The zero-order valence-electron chi connectivity index (χ0n) is 8.93. The molecule has 0 heterocycles. The third-order valence-corrected chi connectivity index (χ3v) is 2.73. The van der Waals surface area contributed by atoms with E-state index in [1.165, 1.54) is 18.6 Å². The van der Waals surface area contributed by atoms with Crippen molar-refractivity contribution in [1.29, 1.82) is 0 Å². The van der Waals surface area contributed by atoms with Crippen LogP contribution in [-0.4, -0.2) is 11.9 Å². The van der Waals surface area contributed by atoms with Gasteiger partial charge in [0, 0.05) is 5.33 Å². The first-order chi connectivity index (χ1) is 7.24. The maximum atomic E-state index is 12.8. The van der Waals surface area contributed by atoms with E-state index in [-0.39, 0.29) is 5.82 Å². The van der Waals surface area contributed by atoms with Gasteiger partial charge in [-0.15, -0.1) is 0 Å². The number of ether oxygens (including phenoxy) is 1. The van der Waals surface area contributed by atoms with Crippen LogP contribution >= 0.6 is 15.9 Å². The lowest BCUT2D eigenvalue weighted by Crippen LogP contribution is -1.99. The lowest BCUT2D eigenvalue weighted by Gasteiger charge is -2.08. The molecule has 0 fully saturated rings. The van der Waals surface area contributed by atoms with Crippen LogP contribution in [-0.2, 0) is 0 Å². The van der Waals surface area contributed by atoms with E-state index < -0.39 is 0 Å². The highest BCUT2D eigenvalue weighted by molar-refractivity contribution is 9.09. The highest BCUT2D eigenvalue weighted by Gasteiger charge is 2.00. The summed E-state index contributed by atoms with van der Waals surface area (Å²) in [4.78, 5) is 0. The van der Waals surface area contributed by atoms with E-state index in [2.05, 4.69) is 15.9 Å². The number of hydrogen-bond donors (Lipinski definition) is 0. The van der Waals surface area contributed by atoms with Crippen molar-refractivity contribution in [3.8, 4) is 5.75 Å². The summed E-state index contributed by atoms with van der Waals surface area (Å²) >= 11 is 3.38. The number of unbranched alkanes of at least 4 members (excludes halogenated alkanes) is 2. The van der Waals surface area contributed by atoms with E-state index in [1.807, 2.05) is 6.92 Å². The molecular formula is C12H16BrFO. The summed E-state index contributed by atoms with van der Waals surface area (Å²) in [7, 11) is 0. The van der Waals surface area contributed by atoms with Crippen LogP contribution in [0.1, 0.15) is 24.8 Å². The van der Waals surface area contributed by atoms with E-state index in [1.54, 1.807) is 6.07 Å². The van der Waals surface area contributed by atoms with Crippen molar-refractivity contribution in [3.63, 3.8) is 0 Å². The SMILES string of the molecule is Cc1cc(F)ccc1OCCCCCBr. The Balaban J connectivity index is 2.31. The Morgan fingerprint density at radius 2 is 2.07 bits per heavy atom. The normalized spacial score (nSPS) is 10.3. The maximum Gasteiger partial charge on any atom is 0.123 e. The largest absolute Gasteiger partial charge is 0.493 e. The predicted molar refractivity (Wildman–Crippen MR) is 64.3 cm³/mol. The number of alkyl halides is 1. The smallest absolute Gasteiger partial charge is 0.123 e. The molecule has 0 N–H and O–H groups in total. The number of aryl methyl sites for hydroxylation is 1. The van der Waals surface area contributed by atoms with Crippen molar-refractivity contribution in [3.05, 3.63) is 29.6 Å². The minimum atomic E-state index is -0.209. The summed E-state index contributed by atoms with van der Waals surface area (Å²) in [6.07, 6.45) is 3.37. The first-order valence-electron chi connectivity index (χ1n) is 5.19. The summed E-state index contributed by atoms with van der Waals surface area (Å²) in [5, 5.41) is 1.04. The molecule has 0 unspecified atom stereocenters. The topological polar surface area (TPSA) is 9.23 Å². The molecule has 0 aromatic heterocycles. The van der Waals surface area contributed by atoms with E-state index in [0.29, 0.717) is 6.61 Å². The molecule has 0 amide bonds. The van der Waals surface area contributed by atoms with Gasteiger partial charge in [-0.3, -0.25) is 0 Å². The number of rotatable bonds is 6. The minimum absolute atomic E-state index is 0.209. The first kappa shape index (κ1) is 12.5. The summed E-state index contributed by atoms with van der Waals surface area (Å²) in [6, 6.07) is 4.61. The molecule has 3 heteroatoms. The molecule has 1 aromatic carbocycles. The van der Waals surface area contributed by atoms with Crippen LogP contribution in [0.15, 0.2) is 18.2 Å². The standard InChI is InChI=1S/C12H16BrFO/c1-10-9-11(14)5-6-12(10)15-8-4-2-3-7-13/h5-6,9H,2-4,7-8H2,1H3. The summed E-state index contributed by atoms with van der Waals surface area (Å²) < 4.78 is 18.3. The summed E-state index contributed by atoms with van der Waals surface area (Å²) in [5.41, 5.74) is 0.857. The van der Waals surface area contributed by atoms with Gasteiger partial charge in [-0.25, -0.2) is 4.39 Å². The highest BCUT2D eigenvalue weighted by Crippen LogP contribution is 2.18. The lowest BCUT2D eigenvalue weighted by atomic mass is 10.2. The van der Waals surface area contributed by atoms with Gasteiger partial charge >= 0.3 is 0 Å². The van der Waals surface area contributed by atoms with Gasteiger partial charge in [-0.05, 0) is 49.9 Å². The third kappa shape index (κ3) is 4.65. The second kappa shape index (κ2) is 6.83. The quantitative estimate of drug-likeness (QED) is 0.561. The molecular weight excluding hydrogens is 259 g/mol. The molecule has 0 aliphatic heterocycles. The zero-order valence-corrected chi connectivity index (χ0v) is 10.5. The van der Waals surface area contributed by atoms with Crippen LogP contribution in [0.5, 0.6) is 5.75 Å². The average Bonchev–Trinajstić information content (AvgIpc) is 2.20. The van der Waals surface area contributed by atoms with Crippen LogP contribution in [0.4, 0.5) is 4.39 Å². The number of hydrogen-bond acceptors (Lipinski definition) is 1. The van der Waals surface area contributed by atoms with Crippen molar-refractivity contribution >= 4 is 15.9 Å². The van der Waals surface area contributed by atoms with Crippen molar-refractivity contribution in [1.82, 2.24) is 0 Å². The molecule has 0 aliphatic rings. The molecule has 84 valence electrons. The molecule has 0 bridgehead atoms. The summed E-state index contributed by atoms with van der Waals surface area (Å²) in [5.74, 6) is 0.578. The molecule has 1 nitrogen and oxygen atoms in total. The van der Waals surface area contributed by atoms with E-state index in [0.717, 1.165) is 29.5 Å². The van der Waals surface area contributed by atoms with Crippen molar-refractivity contribution < 1.29 is 9.13 Å². The van der Waals surface area contributed by atoms with Gasteiger partial charge in [0.15, 0.2) is 0 Å². The molecule has 0 spiro atoms. The van der Waals surface area contributed by atoms with Gasteiger partial charge in [0.2, 0.25) is 0 Å². The van der Waals surface area contributed by atoms with E-state index >= 15 is 0 Å². The van der Waals surface area contributed by atoms with Crippen molar-refractivity contribution in [2.24, 2.45) is 0 Å². The van der Waals surface area contributed by atoms with Crippen molar-refractivity contribution in [2.45, 2.75) is 26.2 Å². The molecule has 0 atom stereocenters. The van der Waals surface area contributed by atoms with Crippen LogP contribution in [0.2, 0.25) is 0 Å². The second-order valence-electron chi connectivity index (χ2n) is 3.51. The Hall–Kier alpha value is -0.570. The predicted octanol–water partition coefficient (Wildman–Crippen LogP) is 4.08. The number of halogens is 2. The van der Waals surface area contributed by atoms with Crippen LogP contribution in [0.25, 0.3) is 0 Å². The Bertz CT molecular complexity index is 302. The maximum absolute atomic E-state index is 12.8. The third-order valence-electron chi connectivity index (χ3n) is 2.17. The van der Waals surface area contributed by atoms with Crippen molar-refractivity contribution in [2.75, 3.05) is 11.9 Å². The number of benzene rings is 1. The van der Waals surface area contributed by atoms with Gasteiger partial charge in [0.1, 0.15) is 11.6 Å². The Morgan fingerprint density at radius 1 is 1.27 bits per heavy atom. The van der Waals surface area contributed by atoms with E-state index in [4.69, 9.17) is 4.74 Å². The Morgan fingerprint density at radius 3 is 2.73 bits per heavy atom. The van der Waals surface area contributed by atoms with Crippen LogP contribution < -0.4 is 4.74 Å². The first-order valence-corrected chi connectivity index (χ1v) is 6.31. The van der Waals surface area contributed by atoms with Gasteiger partial charge in [-0.2, -0.15) is 0 Å². The van der Waals surface area contributed by atoms with Gasteiger partial charge in [0.25, 0.3) is 0 Å². The monoisotopic (exact) mass is 274 g/mol. The highest BCUT2D eigenvalue weighted by atomic mass is 79.9. The fraction of sp³-hybridized carbons (Fsp3) is 0.500. The Labute approximate surface area is 98.8 Å². The fourth-order valence-electron chi connectivity index (χ4n) is 1.33. The molecule has 1 rings (SSSR count).